The molecule has 0 saturated carbocycles. The van der Waals surface area contributed by atoms with Crippen molar-refractivity contribution >= 4 is 10.9 Å². The summed E-state index contributed by atoms with van der Waals surface area (Å²) in [6.07, 6.45) is 3.29. The molecule has 3 nitrogen and oxygen atoms in total. The zero-order valence-electron chi connectivity index (χ0n) is 10.9. The highest BCUT2D eigenvalue weighted by Crippen LogP contribution is 2.18. The summed E-state index contributed by atoms with van der Waals surface area (Å²) in [4.78, 5) is 3.26. The molecule has 18 heavy (non-hydrogen) atoms. The Morgan fingerprint density at radius 3 is 3.11 bits per heavy atom. The van der Waals surface area contributed by atoms with Gasteiger partial charge in [0.25, 0.3) is 0 Å². The number of hydrogen-bond donors (Lipinski definition) is 3. The van der Waals surface area contributed by atoms with Gasteiger partial charge in [-0.15, -0.1) is 0 Å². The molecular weight excluding hydrogens is 222 g/mol. The van der Waals surface area contributed by atoms with Crippen molar-refractivity contribution in [3.8, 4) is 0 Å². The van der Waals surface area contributed by atoms with Gasteiger partial charge in [-0.05, 0) is 36.6 Å². The van der Waals surface area contributed by atoms with Gasteiger partial charge >= 0.3 is 0 Å². The minimum Gasteiger partial charge on any atom is -0.361 e. The summed E-state index contributed by atoms with van der Waals surface area (Å²) in [7, 11) is 0. The van der Waals surface area contributed by atoms with Crippen LogP contribution in [0.15, 0.2) is 30.5 Å². The summed E-state index contributed by atoms with van der Waals surface area (Å²) in [5, 5.41) is 8.49. The van der Waals surface area contributed by atoms with Crippen LogP contribution >= 0.6 is 0 Å². The van der Waals surface area contributed by atoms with E-state index in [1.807, 2.05) is 6.20 Å². The fraction of sp³-hybridized carbons (Fsp3) is 0.467. The maximum atomic E-state index is 3.67. The maximum absolute atomic E-state index is 3.67. The molecule has 1 aliphatic heterocycles. The molecule has 0 bridgehead atoms. The van der Waals surface area contributed by atoms with Crippen molar-refractivity contribution in [1.29, 1.82) is 0 Å². The van der Waals surface area contributed by atoms with Gasteiger partial charge in [-0.2, -0.15) is 0 Å². The normalized spacial score (nSPS) is 24.5. The molecule has 1 aromatic heterocycles. The van der Waals surface area contributed by atoms with Crippen LogP contribution in [-0.4, -0.2) is 24.1 Å². The first-order valence-electron chi connectivity index (χ1n) is 6.82. The van der Waals surface area contributed by atoms with Gasteiger partial charge in [0.15, 0.2) is 0 Å². The molecule has 0 aliphatic carbocycles. The summed E-state index contributed by atoms with van der Waals surface area (Å²) >= 11 is 0. The summed E-state index contributed by atoms with van der Waals surface area (Å²) in [5.74, 6) is 0.777. The highest BCUT2D eigenvalue weighted by molar-refractivity contribution is 5.82. The third-order valence-electron chi connectivity index (χ3n) is 3.84. The average Bonchev–Trinajstić information content (AvgIpc) is 2.85. The van der Waals surface area contributed by atoms with Gasteiger partial charge in [0, 0.05) is 36.2 Å². The topological polar surface area (TPSA) is 39.8 Å². The van der Waals surface area contributed by atoms with Crippen LogP contribution in [0, 0.1) is 5.92 Å². The number of hydrogen-bond acceptors (Lipinski definition) is 2. The standard InChI is InChI=1S/C15H21N3/c1-11-7-13(10-16-8-11)18-9-12-3-2-4-15-14(12)5-6-17-15/h2-6,11,13,16-18H,7-10H2,1H3. The van der Waals surface area contributed by atoms with Crippen molar-refractivity contribution in [2.24, 2.45) is 5.92 Å². The molecule has 0 amide bonds. The molecule has 1 fully saturated rings. The van der Waals surface area contributed by atoms with Crippen molar-refractivity contribution < 1.29 is 0 Å². The fourth-order valence-electron chi connectivity index (χ4n) is 2.87. The Bertz CT molecular complexity index is 517. The summed E-state index contributed by atoms with van der Waals surface area (Å²) in [5.41, 5.74) is 2.61. The van der Waals surface area contributed by atoms with Crippen molar-refractivity contribution in [2.75, 3.05) is 13.1 Å². The molecule has 3 rings (SSSR count). The lowest BCUT2D eigenvalue weighted by Gasteiger charge is -2.28. The number of benzene rings is 1. The van der Waals surface area contributed by atoms with Gasteiger partial charge in [0.05, 0.1) is 0 Å². The van der Waals surface area contributed by atoms with E-state index < -0.39 is 0 Å². The lowest BCUT2D eigenvalue weighted by molar-refractivity contribution is 0.319. The van der Waals surface area contributed by atoms with Crippen LogP contribution in [0.1, 0.15) is 18.9 Å². The number of nitrogens with one attached hydrogen (secondary N) is 3. The first-order valence-corrected chi connectivity index (χ1v) is 6.82. The van der Waals surface area contributed by atoms with E-state index in [9.17, 15) is 0 Å². The van der Waals surface area contributed by atoms with E-state index in [0.29, 0.717) is 6.04 Å². The molecule has 1 saturated heterocycles. The second kappa shape index (κ2) is 5.12. The van der Waals surface area contributed by atoms with Crippen LogP contribution < -0.4 is 10.6 Å². The molecule has 3 heteroatoms. The third-order valence-corrected chi connectivity index (χ3v) is 3.84. The molecule has 0 radical (unpaired) electrons. The molecule has 1 aliphatic rings. The lowest BCUT2D eigenvalue weighted by atomic mass is 9.97. The number of H-pyrrole nitrogens is 1. The van der Waals surface area contributed by atoms with Crippen LogP contribution in [0.2, 0.25) is 0 Å². The predicted molar refractivity (Wildman–Crippen MR) is 75.6 cm³/mol. The second-order valence-electron chi connectivity index (χ2n) is 5.43. The van der Waals surface area contributed by atoms with Gasteiger partial charge < -0.3 is 15.6 Å². The van der Waals surface area contributed by atoms with Crippen molar-refractivity contribution in [3.63, 3.8) is 0 Å². The Balaban J connectivity index is 1.67. The fourth-order valence-corrected chi connectivity index (χ4v) is 2.87. The minimum atomic E-state index is 0.600. The SMILES string of the molecule is CC1CNCC(NCc2cccc3[nH]ccc23)C1. The summed E-state index contributed by atoms with van der Waals surface area (Å²) < 4.78 is 0. The van der Waals surface area contributed by atoms with Crippen molar-refractivity contribution in [3.05, 3.63) is 36.0 Å². The van der Waals surface area contributed by atoms with Gasteiger partial charge in [-0.1, -0.05) is 19.1 Å². The Morgan fingerprint density at radius 2 is 2.22 bits per heavy atom. The van der Waals surface area contributed by atoms with Gasteiger partial charge in [-0.3, -0.25) is 0 Å². The highest BCUT2D eigenvalue weighted by atomic mass is 15.0. The second-order valence-corrected chi connectivity index (χ2v) is 5.43. The van der Waals surface area contributed by atoms with E-state index in [-0.39, 0.29) is 0 Å². The molecule has 1 aromatic carbocycles. The Labute approximate surface area is 108 Å². The van der Waals surface area contributed by atoms with Gasteiger partial charge in [0.2, 0.25) is 0 Å². The highest BCUT2D eigenvalue weighted by Gasteiger charge is 2.17. The number of aromatic nitrogens is 1. The predicted octanol–water partition coefficient (Wildman–Crippen LogP) is 2.26. The Hall–Kier alpha value is -1.32. The number of piperidine rings is 1. The van der Waals surface area contributed by atoms with E-state index in [4.69, 9.17) is 0 Å². The average molecular weight is 243 g/mol. The summed E-state index contributed by atoms with van der Waals surface area (Å²) in [6, 6.07) is 9.22. The summed E-state index contributed by atoms with van der Waals surface area (Å²) in [6.45, 7) is 5.51. The van der Waals surface area contributed by atoms with Crippen molar-refractivity contribution in [1.82, 2.24) is 15.6 Å². The minimum absolute atomic E-state index is 0.600. The maximum Gasteiger partial charge on any atom is 0.0457 e. The molecular formula is C15H21N3. The van der Waals surface area contributed by atoms with Crippen LogP contribution in [0.5, 0.6) is 0 Å². The van der Waals surface area contributed by atoms with Gasteiger partial charge in [0.1, 0.15) is 0 Å². The largest absolute Gasteiger partial charge is 0.361 e. The number of fused-ring (bicyclic) bond motifs is 1. The number of aromatic amines is 1. The first kappa shape index (κ1) is 11.8. The van der Waals surface area contributed by atoms with Crippen molar-refractivity contribution in [2.45, 2.75) is 25.9 Å². The van der Waals surface area contributed by atoms with Gasteiger partial charge in [-0.25, -0.2) is 0 Å². The van der Waals surface area contributed by atoms with E-state index in [1.165, 1.54) is 22.9 Å². The monoisotopic (exact) mass is 243 g/mol. The molecule has 2 heterocycles. The smallest absolute Gasteiger partial charge is 0.0457 e. The molecule has 2 atom stereocenters. The van der Waals surface area contributed by atoms with E-state index in [2.05, 4.69) is 46.8 Å². The van der Waals surface area contributed by atoms with Crippen LogP contribution in [0.3, 0.4) is 0 Å². The first-order chi connectivity index (χ1) is 8.83. The molecule has 3 N–H and O–H groups in total. The molecule has 96 valence electrons. The van der Waals surface area contributed by atoms with Crippen LogP contribution in [-0.2, 0) is 6.54 Å². The quantitative estimate of drug-likeness (QED) is 0.774. The Kier molecular flexibility index (Phi) is 3.35. The zero-order chi connectivity index (χ0) is 12.4. The van der Waals surface area contributed by atoms with E-state index in [0.717, 1.165) is 25.6 Å². The van der Waals surface area contributed by atoms with E-state index >= 15 is 0 Å². The molecule has 0 spiro atoms. The molecule has 2 unspecified atom stereocenters. The lowest BCUT2D eigenvalue weighted by Crippen LogP contribution is -2.45. The Morgan fingerprint density at radius 1 is 1.28 bits per heavy atom. The van der Waals surface area contributed by atoms with Crippen LogP contribution in [0.25, 0.3) is 10.9 Å². The zero-order valence-corrected chi connectivity index (χ0v) is 10.9. The number of rotatable bonds is 3. The van der Waals surface area contributed by atoms with Crippen LogP contribution in [0.4, 0.5) is 0 Å². The molecule has 2 aromatic rings. The third kappa shape index (κ3) is 2.42. The van der Waals surface area contributed by atoms with E-state index in [1.54, 1.807) is 0 Å².